The molecule has 6 nitrogen and oxygen atoms in total. The third-order valence-corrected chi connectivity index (χ3v) is 5.29. The zero-order valence-electron chi connectivity index (χ0n) is 12.8. The number of carbonyl (C=O) groups excluding carboxylic acids is 1. The molecule has 7 heteroatoms. The molecule has 1 aromatic carbocycles. The third-order valence-electron chi connectivity index (χ3n) is 3.82. The summed E-state index contributed by atoms with van der Waals surface area (Å²) in [4.78, 5) is 14.1. The van der Waals surface area contributed by atoms with Crippen molar-refractivity contribution in [2.45, 2.75) is 17.7 Å². The Balaban J connectivity index is 1.78. The normalized spacial score (nSPS) is 18.6. The summed E-state index contributed by atoms with van der Waals surface area (Å²) in [5.74, 6) is 0.504. The lowest BCUT2D eigenvalue weighted by Crippen LogP contribution is -2.34. The van der Waals surface area contributed by atoms with Gasteiger partial charge < -0.3 is 10.2 Å². The lowest BCUT2D eigenvalue weighted by Gasteiger charge is -2.16. The van der Waals surface area contributed by atoms with E-state index in [-0.39, 0.29) is 23.8 Å². The van der Waals surface area contributed by atoms with Crippen molar-refractivity contribution in [3.05, 3.63) is 30.3 Å². The summed E-state index contributed by atoms with van der Waals surface area (Å²) in [6.45, 7) is 2.55. The number of carbonyl (C=O) groups is 1. The van der Waals surface area contributed by atoms with Crippen LogP contribution in [0.15, 0.2) is 35.2 Å². The van der Waals surface area contributed by atoms with E-state index in [0.717, 1.165) is 26.1 Å². The molecule has 1 amide bonds. The molecule has 1 fully saturated rings. The Morgan fingerprint density at radius 1 is 1.32 bits per heavy atom. The zero-order chi connectivity index (χ0) is 16.0. The predicted octanol–water partition coefficient (Wildman–Crippen LogP) is 0.423. The first kappa shape index (κ1) is 16.9. The Bertz CT molecular complexity index is 589. The van der Waals surface area contributed by atoms with Gasteiger partial charge in [0.25, 0.3) is 0 Å². The van der Waals surface area contributed by atoms with E-state index >= 15 is 0 Å². The highest BCUT2D eigenvalue weighted by Crippen LogP contribution is 2.16. The number of amides is 1. The van der Waals surface area contributed by atoms with E-state index in [1.54, 1.807) is 18.2 Å². The van der Waals surface area contributed by atoms with Gasteiger partial charge in [-0.15, -0.1) is 0 Å². The molecule has 2 N–H and O–H groups in total. The van der Waals surface area contributed by atoms with Crippen molar-refractivity contribution in [3.63, 3.8) is 0 Å². The number of nitrogens with zero attached hydrogens (tertiary/aromatic N) is 1. The lowest BCUT2D eigenvalue weighted by molar-refractivity contribution is -0.130. The molecule has 1 aliphatic rings. The van der Waals surface area contributed by atoms with Gasteiger partial charge in [-0.3, -0.25) is 4.79 Å². The van der Waals surface area contributed by atoms with Crippen LogP contribution in [-0.4, -0.2) is 52.5 Å². The van der Waals surface area contributed by atoms with Gasteiger partial charge in [0.1, 0.15) is 0 Å². The van der Waals surface area contributed by atoms with Crippen molar-refractivity contribution < 1.29 is 13.2 Å². The van der Waals surface area contributed by atoms with E-state index in [4.69, 9.17) is 0 Å². The molecular weight excluding hydrogens is 302 g/mol. The van der Waals surface area contributed by atoms with Crippen LogP contribution in [0.2, 0.25) is 0 Å². The molecule has 0 bridgehead atoms. The zero-order valence-corrected chi connectivity index (χ0v) is 13.6. The van der Waals surface area contributed by atoms with Gasteiger partial charge in [0.2, 0.25) is 15.9 Å². The summed E-state index contributed by atoms with van der Waals surface area (Å²) in [6.07, 6.45) is 1.20. The minimum atomic E-state index is -3.53. The molecule has 1 unspecified atom stereocenters. The van der Waals surface area contributed by atoms with Gasteiger partial charge in [-0.25, -0.2) is 13.1 Å². The quantitative estimate of drug-likeness (QED) is 0.762. The molecule has 0 saturated carbocycles. The average Bonchev–Trinajstić information content (AvgIpc) is 2.97. The van der Waals surface area contributed by atoms with Gasteiger partial charge in [-0.2, -0.15) is 0 Å². The smallest absolute Gasteiger partial charge is 0.240 e. The van der Waals surface area contributed by atoms with Crippen molar-refractivity contribution in [1.82, 2.24) is 14.9 Å². The van der Waals surface area contributed by atoms with Crippen LogP contribution in [0.1, 0.15) is 12.8 Å². The maximum absolute atomic E-state index is 12.1. The number of benzene rings is 1. The third kappa shape index (κ3) is 4.53. The maximum Gasteiger partial charge on any atom is 0.240 e. The Morgan fingerprint density at radius 3 is 2.73 bits per heavy atom. The summed E-state index contributed by atoms with van der Waals surface area (Å²) in [7, 11) is -1.62. The number of likely N-dealkylation sites (tertiary alicyclic amines) is 1. The van der Waals surface area contributed by atoms with Crippen molar-refractivity contribution in [2.24, 2.45) is 5.92 Å². The monoisotopic (exact) mass is 325 g/mol. The van der Waals surface area contributed by atoms with Gasteiger partial charge in [0.05, 0.1) is 4.90 Å². The Hall–Kier alpha value is -1.44. The fourth-order valence-corrected chi connectivity index (χ4v) is 3.70. The van der Waals surface area contributed by atoms with Gasteiger partial charge in [-0.1, -0.05) is 18.2 Å². The van der Waals surface area contributed by atoms with Crippen LogP contribution in [0, 0.1) is 5.92 Å². The van der Waals surface area contributed by atoms with Crippen molar-refractivity contribution in [3.8, 4) is 0 Å². The molecule has 122 valence electrons. The van der Waals surface area contributed by atoms with Crippen molar-refractivity contribution in [1.29, 1.82) is 0 Å². The van der Waals surface area contributed by atoms with Crippen molar-refractivity contribution in [2.75, 3.05) is 33.2 Å². The van der Waals surface area contributed by atoms with Crippen LogP contribution in [0.3, 0.4) is 0 Å². The second kappa shape index (κ2) is 7.71. The summed E-state index contributed by atoms with van der Waals surface area (Å²) < 4.78 is 26.5. The number of nitrogens with one attached hydrogen (secondary N) is 2. The SMILES string of the molecule is CNCC1CCN(C(=O)CCNS(=O)(=O)c2ccccc2)C1. The first-order valence-electron chi connectivity index (χ1n) is 7.50. The van der Waals surface area contributed by atoms with Crippen molar-refractivity contribution >= 4 is 15.9 Å². The molecule has 0 spiro atoms. The van der Waals surface area contributed by atoms with Crippen LogP contribution in [-0.2, 0) is 14.8 Å². The van der Waals surface area contributed by atoms with E-state index in [2.05, 4.69) is 10.0 Å². The van der Waals surface area contributed by atoms with Gasteiger partial charge in [0, 0.05) is 26.1 Å². The highest BCUT2D eigenvalue weighted by molar-refractivity contribution is 7.89. The van der Waals surface area contributed by atoms with Gasteiger partial charge >= 0.3 is 0 Å². The molecule has 0 aromatic heterocycles. The fraction of sp³-hybridized carbons (Fsp3) is 0.533. The highest BCUT2D eigenvalue weighted by atomic mass is 32.2. The Labute approximate surface area is 131 Å². The van der Waals surface area contributed by atoms with Gasteiger partial charge in [0.15, 0.2) is 0 Å². The summed E-state index contributed by atoms with van der Waals surface area (Å²) in [5.41, 5.74) is 0. The molecule has 1 aliphatic heterocycles. The molecule has 1 heterocycles. The molecule has 0 radical (unpaired) electrons. The molecule has 1 aromatic rings. The Kier molecular flexibility index (Phi) is 5.93. The van der Waals surface area contributed by atoms with Crippen LogP contribution in [0.25, 0.3) is 0 Å². The minimum absolute atomic E-state index is 0.00867. The van der Waals surface area contributed by atoms with Gasteiger partial charge in [-0.05, 0) is 38.1 Å². The lowest BCUT2D eigenvalue weighted by atomic mass is 10.1. The first-order chi connectivity index (χ1) is 10.5. The molecule has 1 saturated heterocycles. The number of sulfonamides is 1. The Morgan fingerprint density at radius 2 is 2.05 bits per heavy atom. The summed E-state index contributed by atoms with van der Waals surface area (Å²) in [6, 6.07) is 8.18. The van der Waals surface area contributed by atoms with E-state index in [1.807, 2.05) is 11.9 Å². The second-order valence-electron chi connectivity index (χ2n) is 5.51. The van der Waals surface area contributed by atoms with Crippen LogP contribution >= 0.6 is 0 Å². The summed E-state index contributed by atoms with van der Waals surface area (Å²) >= 11 is 0. The fourth-order valence-electron chi connectivity index (χ4n) is 2.65. The average molecular weight is 325 g/mol. The second-order valence-corrected chi connectivity index (χ2v) is 7.28. The van der Waals surface area contributed by atoms with E-state index in [1.165, 1.54) is 12.1 Å². The predicted molar refractivity (Wildman–Crippen MR) is 84.9 cm³/mol. The molecular formula is C15H23N3O3S. The van der Waals surface area contributed by atoms with Crippen LogP contribution in [0.4, 0.5) is 0 Å². The molecule has 0 aliphatic carbocycles. The van der Waals surface area contributed by atoms with Crippen LogP contribution < -0.4 is 10.0 Å². The number of hydrogen-bond donors (Lipinski definition) is 2. The highest BCUT2D eigenvalue weighted by Gasteiger charge is 2.25. The van der Waals surface area contributed by atoms with E-state index in [0.29, 0.717) is 5.92 Å². The maximum atomic E-state index is 12.1. The summed E-state index contributed by atoms with van der Waals surface area (Å²) in [5, 5.41) is 3.12. The standard InChI is InChI=1S/C15H23N3O3S/c1-16-11-13-8-10-18(12-13)15(19)7-9-17-22(20,21)14-5-3-2-4-6-14/h2-6,13,16-17H,7-12H2,1H3. The number of rotatable bonds is 7. The topological polar surface area (TPSA) is 78.5 Å². The molecule has 2 rings (SSSR count). The van der Waals surface area contributed by atoms with Crippen LogP contribution in [0.5, 0.6) is 0 Å². The van der Waals surface area contributed by atoms with E-state index < -0.39 is 10.0 Å². The largest absolute Gasteiger partial charge is 0.342 e. The minimum Gasteiger partial charge on any atom is -0.342 e. The number of hydrogen-bond acceptors (Lipinski definition) is 4. The first-order valence-corrected chi connectivity index (χ1v) is 8.98. The molecule has 1 atom stereocenters. The molecule has 22 heavy (non-hydrogen) atoms. The van der Waals surface area contributed by atoms with E-state index in [9.17, 15) is 13.2 Å².